The van der Waals surface area contributed by atoms with Crippen LogP contribution >= 0.6 is 0 Å². The second-order valence-corrected chi connectivity index (χ2v) is 8.60. The molecule has 2 aromatic carbocycles. The number of nitrogens with one attached hydrogen (secondary N) is 1. The maximum Gasteiger partial charge on any atom is 0.230 e. The van der Waals surface area contributed by atoms with Gasteiger partial charge in [-0.05, 0) is 52.9 Å². The molecule has 0 aliphatic heterocycles. The molecular formula is C25H22F2N4O2. The number of rotatable bonds is 5. The fourth-order valence-corrected chi connectivity index (χ4v) is 3.26. The Morgan fingerprint density at radius 1 is 1.00 bits per heavy atom. The van der Waals surface area contributed by atoms with E-state index in [9.17, 15) is 13.6 Å². The third-order valence-electron chi connectivity index (χ3n) is 5.04. The van der Waals surface area contributed by atoms with Crippen LogP contribution in [-0.2, 0) is 16.6 Å². The summed E-state index contributed by atoms with van der Waals surface area (Å²) in [5, 5.41) is 3.08. The first-order valence-corrected chi connectivity index (χ1v) is 10.3. The second kappa shape index (κ2) is 8.90. The molecule has 0 unspecified atom stereocenters. The Hall–Kier alpha value is -3.94. The minimum absolute atomic E-state index is 0.0921. The Kier molecular flexibility index (Phi) is 6.00. The molecule has 1 N–H and O–H groups in total. The van der Waals surface area contributed by atoms with Crippen molar-refractivity contribution in [1.29, 1.82) is 0 Å². The maximum atomic E-state index is 14.7. The van der Waals surface area contributed by atoms with Crippen molar-refractivity contribution >= 4 is 22.6 Å². The number of aromatic nitrogens is 3. The number of benzene rings is 2. The number of nitrogens with zero attached hydrogens (tertiary/aromatic N) is 3. The highest BCUT2D eigenvalue weighted by Gasteiger charge is 2.16. The van der Waals surface area contributed by atoms with Gasteiger partial charge in [0.25, 0.3) is 0 Å². The molecule has 168 valence electrons. The van der Waals surface area contributed by atoms with Crippen molar-refractivity contribution in [3.05, 3.63) is 83.8 Å². The third kappa shape index (κ3) is 5.28. The van der Waals surface area contributed by atoms with Gasteiger partial charge in [-0.15, -0.1) is 0 Å². The van der Waals surface area contributed by atoms with Crippen LogP contribution in [0.4, 0.5) is 14.6 Å². The molecule has 4 aromatic rings. The van der Waals surface area contributed by atoms with Gasteiger partial charge in [0.05, 0.1) is 17.3 Å². The average molecular weight is 448 g/mol. The van der Waals surface area contributed by atoms with Crippen LogP contribution in [0.1, 0.15) is 31.9 Å². The van der Waals surface area contributed by atoms with Crippen LogP contribution in [-0.4, -0.2) is 20.9 Å². The summed E-state index contributed by atoms with van der Waals surface area (Å²) in [7, 11) is 0. The number of amides is 1. The van der Waals surface area contributed by atoms with Gasteiger partial charge in [-0.25, -0.2) is 23.7 Å². The molecule has 33 heavy (non-hydrogen) atoms. The Bertz CT molecular complexity index is 1340. The molecule has 0 radical (unpaired) electrons. The monoisotopic (exact) mass is 448 g/mol. The topological polar surface area (TPSA) is 77.0 Å². The van der Waals surface area contributed by atoms with Gasteiger partial charge in [0.1, 0.15) is 29.5 Å². The number of fused-ring (bicyclic) bond motifs is 1. The van der Waals surface area contributed by atoms with Crippen LogP contribution in [0.15, 0.2) is 61.1 Å². The third-order valence-corrected chi connectivity index (χ3v) is 5.04. The Morgan fingerprint density at radius 2 is 1.82 bits per heavy atom. The Balaban J connectivity index is 1.47. The van der Waals surface area contributed by atoms with Gasteiger partial charge in [0.15, 0.2) is 0 Å². The summed E-state index contributed by atoms with van der Waals surface area (Å²) >= 11 is 0. The molecular weight excluding hydrogens is 426 g/mol. The Morgan fingerprint density at radius 3 is 2.58 bits per heavy atom. The number of pyridine rings is 1. The Labute approximate surface area is 189 Å². The lowest BCUT2D eigenvalue weighted by molar-refractivity contribution is -0.115. The molecule has 0 spiro atoms. The zero-order valence-electron chi connectivity index (χ0n) is 18.4. The van der Waals surface area contributed by atoms with E-state index in [1.807, 2.05) is 6.07 Å². The first-order chi connectivity index (χ1) is 15.7. The molecule has 2 heterocycles. The van der Waals surface area contributed by atoms with E-state index in [-0.39, 0.29) is 29.0 Å². The van der Waals surface area contributed by atoms with Crippen LogP contribution in [0.3, 0.4) is 0 Å². The molecule has 0 atom stereocenters. The van der Waals surface area contributed by atoms with Crippen LogP contribution in [0.5, 0.6) is 11.6 Å². The molecule has 1 amide bonds. The summed E-state index contributed by atoms with van der Waals surface area (Å²) in [5.41, 5.74) is 1.63. The van der Waals surface area contributed by atoms with E-state index in [4.69, 9.17) is 4.74 Å². The van der Waals surface area contributed by atoms with Gasteiger partial charge in [0, 0.05) is 12.3 Å². The van der Waals surface area contributed by atoms with Gasteiger partial charge < -0.3 is 10.1 Å². The molecule has 0 aliphatic rings. The van der Waals surface area contributed by atoms with Crippen molar-refractivity contribution in [2.24, 2.45) is 0 Å². The first kappa shape index (κ1) is 22.3. The van der Waals surface area contributed by atoms with E-state index < -0.39 is 17.5 Å². The smallest absolute Gasteiger partial charge is 0.230 e. The standard InChI is InChI=1S/C25H22F2N4O2/c1-25(2,3)16-8-9-28-22(11-16)31-23(32)10-15-4-6-18(13-20(15)27)33-24-19-12-17(26)5-7-21(19)29-14-30-24/h4-9,11-14H,10H2,1-3H3,(H,28,31,32). The fraction of sp³-hybridized carbons (Fsp3) is 0.200. The normalized spacial score (nSPS) is 11.4. The van der Waals surface area contributed by atoms with Crippen molar-refractivity contribution in [3.8, 4) is 11.6 Å². The lowest BCUT2D eigenvalue weighted by Gasteiger charge is -2.19. The predicted octanol–water partition coefficient (Wildman–Crippen LogP) is 5.57. The van der Waals surface area contributed by atoms with E-state index in [0.717, 1.165) is 11.6 Å². The number of halogens is 2. The van der Waals surface area contributed by atoms with E-state index in [1.54, 1.807) is 12.3 Å². The number of anilines is 1. The summed E-state index contributed by atoms with van der Waals surface area (Å²) in [4.78, 5) is 24.7. The minimum atomic E-state index is -0.608. The van der Waals surface area contributed by atoms with Gasteiger partial charge >= 0.3 is 0 Å². The van der Waals surface area contributed by atoms with Crippen molar-refractivity contribution in [3.63, 3.8) is 0 Å². The lowest BCUT2D eigenvalue weighted by atomic mass is 9.88. The van der Waals surface area contributed by atoms with Crippen molar-refractivity contribution in [1.82, 2.24) is 15.0 Å². The highest BCUT2D eigenvalue weighted by molar-refractivity contribution is 5.91. The zero-order valence-corrected chi connectivity index (χ0v) is 18.4. The average Bonchev–Trinajstić information content (AvgIpc) is 2.76. The van der Waals surface area contributed by atoms with Gasteiger partial charge in [-0.1, -0.05) is 26.8 Å². The van der Waals surface area contributed by atoms with E-state index >= 15 is 0 Å². The highest BCUT2D eigenvalue weighted by Crippen LogP contribution is 2.28. The molecule has 6 nitrogen and oxygen atoms in total. The van der Waals surface area contributed by atoms with Crippen molar-refractivity contribution in [2.75, 3.05) is 5.32 Å². The van der Waals surface area contributed by atoms with Crippen molar-refractivity contribution < 1.29 is 18.3 Å². The number of carbonyl (C=O) groups excluding carboxylic acids is 1. The number of hydrogen-bond donors (Lipinski definition) is 1. The van der Waals surface area contributed by atoms with Gasteiger partial charge in [0.2, 0.25) is 11.8 Å². The van der Waals surface area contributed by atoms with E-state index in [2.05, 4.69) is 41.0 Å². The molecule has 0 bridgehead atoms. The lowest BCUT2D eigenvalue weighted by Crippen LogP contribution is -2.17. The maximum absolute atomic E-state index is 14.7. The predicted molar refractivity (Wildman–Crippen MR) is 121 cm³/mol. The van der Waals surface area contributed by atoms with Crippen LogP contribution in [0.25, 0.3) is 10.9 Å². The highest BCUT2D eigenvalue weighted by atomic mass is 19.1. The largest absolute Gasteiger partial charge is 0.438 e. The summed E-state index contributed by atoms with van der Waals surface area (Å²) in [6, 6.07) is 11.9. The molecule has 4 rings (SSSR count). The van der Waals surface area contributed by atoms with Gasteiger partial charge in [-0.2, -0.15) is 0 Å². The van der Waals surface area contributed by atoms with Gasteiger partial charge in [-0.3, -0.25) is 4.79 Å². The zero-order chi connectivity index (χ0) is 23.6. The summed E-state index contributed by atoms with van der Waals surface area (Å²) in [6.07, 6.45) is 2.74. The molecule has 0 saturated heterocycles. The van der Waals surface area contributed by atoms with Crippen LogP contribution in [0.2, 0.25) is 0 Å². The molecule has 0 aliphatic carbocycles. The van der Waals surface area contributed by atoms with Crippen molar-refractivity contribution in [2.45, 2.75) is 32.6 Å². The van der Waals surface area contributed by atoms with E-state index in [1.165, 1.54) is 36.7 Å². The minimum Gasteiger partial charge on any atom is -0.438 e. The van der Waals surface area contributed by atoms with Crippen LogP contribution in [0, 0.1) is 11.6 Å². The first-order valence-electron chi connectivity index (χ1n) is 10.3. The SMILES string of the molecule is CC(C)(C)c1ccnc(NC(=O)Cc2ccc(Oc3ncnc4ccc(F)cc34)cc2F)c1. The molecule has 8 heteroatoms. The number of ether oxygens (including phenoxy) is 1. The number of hydrogen-bond acceptors (Lipinski definition) is 5. The van der Waals surface area contributed by atoms with E-state index in [0.29, 0.717) is 16.7 Å². The fourth-order valence-electron chi connectivity index (χ4n) is 3.26. The summed E-state index contributed by atoms with van der Waals surface area (Å²) in [5.74, 6) is -0.774. The summed E-state index contributed by atoms with van der Waals surface area (Å²) in [6.45, 7) is 6.19. The molecule has 0 saturated carbocycles. The summed E-state index contributed by atoms with van der Waals surface area (Å²) < 4.78 is 34.0. The quantitative estimate of drug-likeness (QED) is 0.432. The second-order valence-electron chi connectivity index (χ2n) is 8.60. The number of carbonyl (C=O) groups is 1. The van der Waals surface area contributed by atoms with Crippen LogP contribution < -0.4 is 10.1 Å². The molecule has 2 aromatic heterocycles. The molecule has 0 fully saturated rings.